The number of carbonyl (C=O) groups excluding carboxylic acids is 1. The fraction of sp³-hybridized carbons (Fsp3) is 0.500. The van der Waals surface area contributed by atoms with Gasteiger partial charge in [0, 0.05) is 25.6 Å². The van der Waals surface area contributed by atoms with Gasteiger partial charge in [0.15, 0.2) is 0 Å². The van der Waals surface area contributed by atoms with Gasteiger partial charge in [0.2, 0.25) is 11.9 Å². The van der Waals surface area contributed by atoms with Gasteiger partial charge in [-0.1, -0.05) is 0 Å². The summed E-state index contributed by atoms with van der Waals surface area (Å²) in [4.78, 5) is 21.6. The van der Waals surface area contributed by atoms with E-state index >= 15 is 0 Å². The van der Waals surface area contributed by atoms with Gasteiger partial charge in [-0.05, 0) is 31.2 Å². The molecule has 0 bridgehead atoms. The minimum atomic E-state index is 0.104. The number of anilines is 2. The van der Waals surface area contributed by atoms with Crippen LogP contribution in [0.1, 0.15) is 26.2 Å². The molecule has 2 aromatic rings. The summed E-state index contributed by atoms with van der Waals surface area (Å²) in [5.74, 6) is 1.52. The Morgan fingerprint density at radius 3 is 3.00 bits per heavy atom. The average Bonchev–Trinajstić information content (AvgIpc) is 3.13. The molecule has 0 aliphatic heterocycles. The molecule has 3 rings (SSSR count). The van der Waals surface area contributed by atoms with E-state index in [-0.39, 0.29) is 5.91 Å². The molecule has 1 fully saturated rings. The molecule has 0 saturated heterocycles. The van der Waals surface area contributed by atoms with Crippen molar-refractivity contribution in [2.75, 3.05) is 23.7 Å². The van der Waals surface area contributed by atoms with Gasteiger partial charge in [-0.2, -0.15) is 4.98 Å². The van der Waals surface area contributed by atoms with E-state index in [1.54, 1.807) is 11.3 Å². The Labute approximate surface area is 127 Å². The summed E-state index contributed by atoms with van der Waals surface area (Å²) in [5, 5.41) is 12.4. The lowest BCUT2D eigenvalue weighted by atomic mass is 10.3. The van der Waals surface area contributed by atoms with E-state index in [0.29, 0.717) is 25.0 Å². The second-order valence-corrected chi connectivity index (χ2v) is 5.98. The first kappa shape index (κ1) is 14.1. The zero-order valence-electron chi connectivity index (χ0n) is 12.0. The van der Waals surface area contributed by atoms with E-state index in [2.05, 4.69) is 25.9 Å². The standard InChI is InChI=1S/C14H19N5OS/c1-2-15-14-18-12(10-6-8-21-13(10)19-14)16-7-5-11(20)17-9-3-4-9/h6,8-9H,2-5,7H2,1H3,(H,17,20)(H2,15,16,18,19). The lowest BCUT2D eigenvalue weighted by molar-refractivity contribution is -0.120. The number of nitrogens with zero attached hydrogens (tertiary/aromatic N) is 2. The van der Waals surface area contributed by atoms with Crippen LogP contribution in [0.2, 0.25) is 0 Å². The molecule has 1 aliphatic rings. The number of carbonyl (C=O) groups is 1. The smallest absolute Gasteiger partial charge is 0.226 e. The van der Waals surface area contributed by atoms with Crippen molar-refractivity contribution in [1.82, 2.24) is 15.3 Å². The van der Waals surface area contributed by atoms with Gasteiger partial charge in [-0.25, -0.2) is 4.98 Å². The lowest BCUT2D eigenvalue weighted by Crippen LogP contribution is -2.27. The predicted octanol–water partition coefficient (Wildman–Crippen LogP) is 2.20. The number of hydrogen-bond acceptors (Lipinski definition) is 6. The fourth-order valence-corrected chi connectivity index (χ4v) is 2.81. The molecule has 112 valence electrons. The minimum Gasteiger partial charge on any atom is -0.369 e. The Morgan fingerprint density at radius 2 is 2.24 bits per heavy atom. The van der Waals surface area contributed by atoms with E-state index < -0.39 is 0 Å². The maximum Gasteiger partial charge on any atom is 0.226 e. The zero-order chi connectivity index (χ0) is 14.7. The zero-order valence-corrected chi connectivity index (χ0v) is 12.8. The van der Waals surface area contributed by atoms with Crippen molar-refractivity contribution in [3.05, 3.63) is 11.4 Å². The quantitative estimate of drug-likeness (QED) is 0.731. The number of nitrogens with one attached hydrogen (secondary N) is 3. The third-order valence-electron chi connectivity index (χ3n) is 3.25. The summed E-state index contributed by atoms with van der Waals surface area (Å²) in [7, 11) is 0. The van der Waals surface area contributed by atoms with Crippen LogP contribution in [0.3, 0.4) is 0 Å². The van der Waals surface area contributed by atoms with Crippen molar-refractivity contribution in [2.24, 2.45) is 0 Å². The Hall–Kier alpha value is -1.89. The number of aromatic nitrogens is 2. The van der Waals surface area contributed by atoms with Crippen LogP contribution in [0, 0.1) is 0 Å². The summed E-state index contributed by atoms with van der Waals surface area (Å²) < 4.78 is 0. The van der Waals surface area contributed by atoms with Crippen LogP contribution in [-0.4, -0.2) is 35.0 Å². The first-order valence-corrected chi connectivity index (χ1v) is 8.16. The first-order chi connectivity index (χ1) is 10.3. The summed E-state index contributed by atoms with van der Waals surface area (Å²) in [6.45, 7) is 3.36. The highest BCUT2D eigenvalue weighted by atomic mass is 32.1. The maximum atomic E-state index is 11.7. The third-order valence-corrected chi connectivity index (χ3v) is 4.05. The minimum absolute atomic E-state index is 0.104. The second-order valence-electron chi connectivity index (χ2n) is 5.08. The molecule has 3 N–H and O–H groups in total. The number of hydrogen-bond donors (Lipinski definition) is 3. The molecule has 7 heteroatoms. The topological polar surface area (TPSA) is 78.9 Å². The van der Waals surface area contributed by atoms with Gasteiger partial charge < -0.3 is 16.0 Å². The van der Waals surface area contributed by atoms with E-state index in [4.69, 9.17) is 0 Å². The van der Waals surface area contributed by atoms with Crippen LogP contribution in [-0.2, 0) is 4.79 Å². The molecule has 2 aromatic heterocycles. The highest BCUT2D eigenvalue weighted by Crippen LogP contribution is 2.26. The van der Waals surface area contributed by atoms with Gasteiger partial charge in [-0.3, -0.25) is 4.79 Å². The van der Waals surface area contributed by atoms with Gasteiger partial charge in [0.25, 0.3) is 0 Å². The van der Waals surface area contributed by atoms with Crippen molar-refractivity contribution in [3.8, 4) is 0 Å². The fourth-order valence-electron chi connectivity index (χ4n) is 2.05. The van der Waals surface area contributed by atoms with Crippen molar-refractivity contribution < 1.29 is 4.79 Å². The summed E-state index contributed by atoms with van der Waals surface area (Å²) in [5.41, 5.74) is 0. The number of rotatable bonds is 7. The van der Waals surface area contributed by atoms with Crippen molar-refractivity contribution in [2.45, 2.75) is 32.2 Å². The maximum absolute atomic E-state index is 11.7. The molecule has 2 heterocycles. The van der Waals surface area contributed by atoms with Crippen LogP contribution in [0.25, 0.3) is 10.2 Å². The van der Waals surface area contributed by atoms with Crippen LogP contribution in [0.5, 0.6) is 0 Å². The number of amides is 1. The predicted molar refractivity (Wildman–Crippen MR) is 85.9 cm³/mol. The van der Waals surface area contributed by atoms with Gasteiger partial charge in [0.05, 0.1) is 5.39 Å². The third kappa shape index (κ3) is 3.60. The summed E-state index contributed by atoms with van der Waals surface area (Å²) in [6, 6.07) is 2.42. The highest BCUT2D eigenvalue weighted by Gasteiger charge is 2.22. The Morgan fingerprint density at radius 1 is 1.38 bits per heavy atom. The van der Waals surface area contributed by atoms with Crippen LogP contribution in [0.15, 0.2) is 11.4 Å². The lowest BCUT2D eigenvalue weighted by Gasteiger charge is -2.09. The largest absolute Gasteiger partial charge is 0.369 e. The summed E-state index contributed by atoms with van der Waals surface area (Å²) in [6.07, 6.45) is 2.70. The molecule has 0 radical (unpaired) electrons. The van der Waals surface area contributed by atoms with Crippen molar-refractivity contribution >= 4 is 39.2 Å². The number of fused-ring (bicyclic) bond motifs is 1. The number of thiophene rings is 1. The van der Waals surface area contributed by atoms with E-state index in [1.807, 2.05) is 18.4 Å². The average molecular weight is 305 g/mol. The molecule has 21 heavy (non-hydrogen) atoms. The van der Waals surface area contributed by atoms with Crippen LogP contribution < -0.4 is 16.0 Å². The molecule has 1 amide bonds. The van der Waals surface area contributed by atoms with E-state index in [1.165, 1.54) is 0 Å². The molecule has 0 atom stereocenters. The van der Waals surface area contributed by atoms with Crippen LogP contribution >= 0.6 is 11.3 Å². The molecule has 1 saturated carbocycles. The molecular weight excluding hydrogens is 286 g/mol. The Balaban J connectivity index is 1.64. The van der Waals surface area contributed by atoms with Crippen LogP contribution in [0.4, 0.5) is 11.8 Å². The highest BCUT2D eigenvalue weighted by molar-refractivity contribution is 7.16. The van der Waals surface area contributed by atoms with E-state index in [0.717, 1.165) is 35.4 Å². The molecule has 0 unspecified atom stereocenters. The van der Waals surface area contributed by atoms with Crippen molar-refractivity contribution in [3.63, 3.8) is 0 Å². The molecular formula is C14H19N5OS. The molecule has 0 aromatic carbocycles. The SMILES string of the molecule is CCNc1nc(NCCC(=O)NC2CC2)c2ccsc2n1. The second kappa shape index (κ2) is 6.26. The summed E-state index contributed by atoms with van der Waals surface area (Å²) >= 11 is 1.59. The monoisotopic (exact) mass is 305 g/mol. The normalized spacial score (nSPS) is 14.1. The van der Waals surface area contributed by atoms with Crippen molar-refractivity contribution in [1.29, 1.82) is 0 Å². The van der Waals surface area contributed by atoms with Gasteiger partial charge in [0.1, 0.15) is 10.6 Å². The van der Waals surface area contributed by atoms with Gasteiger partial charge in [-0.15, -0.1) is 11.3 Å². The van der Waals surface area contributed by atoms with E-state index in [9.17, 15) is 4.79 Å². The first-order valence-electron chi connectivity index (χ1n) is 7.28. The molecule has 0 spiro atoms. The van der Waals surface area contributed by atoms with Gasteiger partial charge >= 0.3 is 0 Å². The molecule has 1 aliphatic carbocycles. The Kier molecular flexibility index (Phi) is 4.19. The Bertz CT molecular complexity index is 637. The molecule has 6 nitrogen and oxygen atoms in total.